The van der Waals surface area contributed by atoms with Gasteiger partial charge < -0.3 is 9.84 Å². The van der Waals surface area contributed by atoms with E-state index in [0.717, 1.165) is 4.90 Å². The summed E-state index contributed by atoms with van der Waals surface area (Å²) < 4.78 is 32.3. The molecule has 0 spiro atoms. The topological polar surface area (TPSA) is 143 Å². The number of aryl methyl sites for hydroxylation is 1. The van der Waals surface area contributed by atoms with Crippen molar-refractivity contribution in [2.45, 2.75) is 31.7 Å². The molecule has 0 saturated heterocycles. The Bertz CT molecular complexity index is 1160. The van der Waals surface area contributed by atoms with Gasteiger partial charge in [0.15, 0.2) is 0 Å². The molecular formula is C19H21N3O7S. The van der Waals surface area contributed by atoms with Crippen molar-refractivity contribution in [2.24, 2.45) is 0 Å². The normalized spacial score (nSPS) is 14.9. The lowest BCUT2D eigenvalue weighted by Crippen LogP contribution is -2.35. The van der Waals surface area contributed by atoms with Crippen molar-refractivity contribution in [3.8, 4) is 0 Å². The van der Waals surface area contributed by atoms with E-state index in [1.165, 1.54) is 32.0 Å². The number of fused-ring (bicyclic) bond motifs is 3. The highest BCUT2D eigenvalue weighted by atomic mass is 32.2. The van der Waals surface area contributed by atoms with Gasteiger partial charge in [-0.1, -0.05) is 0 Å². The molecule has 1 aliphatic heterocycles. The second kappa shape index (κ2) is 8.09. The lowest BCUT2D eigenvalue weighted by molar-refractivity contribution is -0.141. The fourth-order valence-corrected chi connectivity index (χ4v) is 4.49. The van der Waals surface area contributed by atoms with E-state index in [1.807, 2.05) is 0 Å². The summed E-state index contributed by atoms with van der Waals surface area (Å²) >= 11 is 0. The molecule has 10 nitrogen and oxygen atoms in total. The Morgan fingerprint density at radius 3 is 2.57 bits per heavy atom. The van der Waals surface area contributed by atoms with Crippen molar-refractivity contribution >= 4 is 38.7 Å². The van der Waals surface area contributed by atoms with Crippen LogP contribution in [0.2, 0.25) is 0 Å². The maximum absolute atomic E-state index is 13.0. The molecule has 0 bridgehead atoms. The first-order chi connectivity index (χ1) is 14.1. The van der Waals surface area contributed by atoms with Gasteiger partial charge in [-0.15, -0.1) is 0 Å². The third-order valence-corrected chi connectivity index (χ3v) is 6.20. The minimum atomic E-state index is -3.96. The zero-order chi connectivity index (χ0) is 22.2. The number of sulfonamides is 1. The Kier molecular flexibility index (Phi) is 5.88. The Morgan fingerprint density at radius 1 is 1.27 bits per heavy atom. The zero-order valence-corrected chi connectivity index (χ0v) is 17.4. The van der Waals surface area contributed by atoms with E-state index in [9.17, 15) is 22.8 Å². The number of aromatic nitrogens is 1. The van der Waals surface area contributed by atoms with Gasteiger partial charge in [0, 0.05) is 18.4 Å². The molecule has 1 aromatic heterocycles. The van der Waals surface area contributed by atoms with Gasteiger partial charge in [0.1, 0.15) is 6.61 Å². The fraction of sp³-hybridized carbons (Fsp3) is 0.368. The predicted octanol–water partition coefficient (Wildman–Crippen LogP) is 0.361. The van der Waals surface area contributed by atoms with Crippen LogP contribution in [0.5, 0.6) is 0 Å². The van der Waals surface area contributed by atoms with E-state index in [4.69, 9.17) is 9.84 Å². The number of carbonyl (C=O) groups is 3. The molecule has 0 radical (unpaired) electrons. The smallest absolute Gasteiger partial charge is 0.302 e. The molecule has 11 heteroatoms. The summed E-state index contributed by atoms with van der Waals surface area (Å²) in [6, 6.07) is 3.38. The molecule has 1 unspecified atom stereocenters. The van der Waals surface area contributed by atoms with Crippen LogP contribution in [0.1, 0.15) is 40.3 Å². The number of carbonyl (C=O) groups excluding carboxylic acids is 3. The molecule has 0 saturated carbocycles. The molecule has 0 fully saturated rings. The quantitative estimate of drug-likeness (QED) is 0.469. The van der Waals surface area contributed by atoms with Crippen LogP contribution in [-0.2, 0) is 19.6 Å². The van der Waals surface area contributed by atoms with Crippen molar-refractivity contribution < 1.29 is 32.6 Å². The number of nitrogens with one attached hydrogen (secondary N) is 1. The minimum Gasteiger partial charge on any atom is -0.464 e. The van der Waals surface area contributed by atoms with Crippen molar-refractivity contribution in [1.29, 1.82) is 0 Å². The number of amides is 2. The molecule has 160 valence electrons. The van der Waals surface area contributed by atoms with Gasteiger partial charge in [-0.05, 0) is 32.0 Å². The molecule has 30 heavy (non-hydrogen) atoms. The van der Waals surface area contributed by atoms with E-state index in [1.54, 1.807) is 6.92 Å². The number of imide groups is 1. The minimum absolute atomic E-state index is 0.0672. The second-order valence-corrected chi connectivity index (χ2v) is 8.65. The van der Waals surface area contributed by atoms with Gasteiger partial charge in [0.2, 0.25) is 10.0 Å². The number of aliphatic hydroxyl groups is 1. The number of pyridine rings is 1. The third-order valence-electron chi connectivity index (χ3n) is 4.62. The van der Waals surface area contributed by atoms with Gasteiger partial charge in [0.25, 0.3) is 11.8 Å². The van der Waals surface area contributed by atoms with E-state index in [0.29, 0.717) is 11.2 Å². The molecule has 2 N–H and O–H groups in total. The third kappa shape index (κ3) is 3.91. The summed E-state index contributed by atoms with van der Waals surface area (Å²) in [5.41, 5.74) is 0.871. The highest BCUT2D eigenvalue weighted by Crippen LogP contribution is 2.32. The van der Waals surface area contributed by atoms with E-state index in [2.05, 4.69) is 9.71 Å². The highest BCUT2D eigenvalue weighted by Gasteiger charge is 2.39. The summed E-state index contributed by atoms with van der Waals surface area (Å²) in [7, 11) is -3.96. The fourth-order valence-electron chi connectivity index (χ4n) is 3.23. The van der Waals surface area contributed by atoms with Crippen LogP contribution >= 0.6 is 0 Å². The summed E-state index contributed by atoms with van der Waals surface area (Å²) in [5, 5.41) is 9.34. The molecule has 2 amide bonds. The van der Waals surface area contributed by atoms with Crippen LogP contribution < -0.4 is 4.72 Å². The van der Waals surface area contributed by atoms with Gasteiger partial charge in [-0.2, -0.15) is 0 Å². The van der Waals surface area contributed by atoms with Crippen LogP contribution in [0.4, 0.5) is 0 Å². The van der Waals surface area contributed by atoms with Crippen molar-refractivity contribution in [3.05, 3.63) is 35.0 Å². The van der Waals surface area contributed by atoms with Gasteiger partial charge >= 0.3 is 5.97 Å². The molecule has 2 heterocycles. The maximum atomic E-state index is 13.0. The van der Waals surface area contributed by atoms with E-state index >= 15 is 0 Å². The predicted molar refractivity (Wildman–Crippen MR) is 105 cm³/mol. The average Bonchev–Trinajstić information content (AvgIpc) is 2.92. The summed E-state index contributed by atoms with van der Waals surface area (Å²) in [5.74, 6) is -1.72. The Labute approximate surface area is 172 Å². The maximum Gasteiger partial charge on any atom is 0.302 e. The average molecular weight is 435 g/mol. The van der Waals surface area contributed by atoms with Gasteiger partial charge in [-0.3, -0.25) is 24.3 Å². The number of esters is 1. The standard InChI is InChI=1S/C19H21N3O7S/c1-10(9-23)21-30(27,28)13-4-5-15-14(8-13)17-16(11(2)20-15)18(25)22(19(17)26)6-7-29-12(3)24/h4-5,8,10,21,23H,6-7,9H2,1-3H3. The van der Waals surface area contributed by atoms with Crippen LogP contribution in [0.15, 0.2) is 23.1 Å². The van der Waals surface area contributed by atoms with Crippen molar-refractivity contribution in [1.82, 2.24) is 14.6 Å². The van der Waals surface area contributed by atoms with Crippen LogP contribution in [0.3, 0.4) is 0 Å². The zero-order valence-electron chi connectivity index (χ0n) is 16.6. The number of nitrogens with zero attached hydrogens (tertiary/aromatic N) is 2. The lowest BCUT2D eigenvalue weighted by atomic mass is 10.0. The highest BCUT2D eigenvalue weighted by molar-refractivity contribution is 7.89. The number of benzene rings is 1. The monoisotopic (exact) mass is 435 g/mol. The molecule has 3 rings (SSSR count). The number of hydrogen-bond acceptors (Lipinski definition) is 8. The van der Waals surface area contributed by atoms with E-state index < -0.39 is 33.8 Å². The summed E-state index contributed by atoms with van der Waals surface area (Å²) in [6.45, 7) is 3.66. The first-order valence-corrected chi connectivity index (χ1v) is 10.6. The van der Waals surface area contributed by atoms with E-state index in [-0.39, 0.29) is 41.2 Å². The summed E-state index contributed by atoms with van der Waals surface area (Å²) in [6.07, 6.45) is 0. The van der Waals surface area contributed by atoms with Crippen LogP contribution in [-0.4, -0.2) is 67.0 Å². The second-order valence-electron chi connectivity index (χ2n) is 6.93. The largest absolute Gasteiger partial charge is 0.464 e. The molecule has 1 atom stereocenters. The number of ether oxygens (including phenoxy) is 1. The first-order valence-electron chi connectivity index (χ1n) is 9.14. The van der Waals surface area contributed by atoms with Crippen LogP contribution in [0, 0.1) is 6.92 Å². The van der Waals surface area contributed by atoms with Crippen molar-refractivity contribution in [2.75, 3.05) is 19.8 Å². The Balaban J connectivity index is 2.08. The molecule has 1 aliphatic rings. The Morgan fingerprint density at radius 2 is 1.93 bits per heavy atom. The molecular weight excluding hydrogens is 414 g/mol. The number of aliphatic hydroxyl groups excluding tert-OH is 1. The first kappa shape index (κ1) is 21.8. The van der Waals surface area contributed by atoms with Gasteiger partial charge in [0.05, 0.1) is 40.4 Å². The molecule has 0 aliphatic carbocycles. The number of rotatable bonds is 7. The Hall–Kier alpha value is -2.89. The lowest BCUT2D eigenvalue weighted by Gasteiger charge is -2.13. The SMILES string of the molecule is CC(=O)OCCN1C(=O)c2c(C)nc3ccc(S(=O)(=O)NC(C)CO)cc3c2C1=O. The molecule has 1 aromatic carbocycles. The van der Waals surface area contributed by atoms with Crippen LogP contribution in [0.25, 0.3) is 10.9 Å². The van der Waals surface area contributed by atoms with Crippen molar-refractivity contribution in [3.63, 3.8) is 0 Å². The summed E-state index contributed by atoms with van der Waals surface area (Å²) in [4.78, 5) is 41.9. The number of hydrogen-bond donors (Lipinski definition) is 2. The molecule has 2 aromatic rings. The van der Waals surface area contributed by atoms with Gasteiger partial charge in [-0.25, -0.2) is 13.1 Å².